The highest BCUT2D eigenvalue weighted by atomic mass is 35.5. The summed E-state index contributed by atoms with van der Waals surface area (Å²) in [6.45, 7) is 3.65. The Bertz CT molecular complexity index is 1190. The van der Waals surface area contributed by atoms with Crippen molar-refractivity contribution in [1.29, 1.82) is 0 Å². The minimum absolute atomic E-state index is 0.0219. The Morgan fingerprint density at radius 3 is 2.65 bits per heavy atom. The number of aryl methyl sites for hydroxylation is 1. The molecule has 1 N–H and O–H groups in total. The van der Waals surface area contributed by atoms with E-state index in [1.54, 1.807) is 43.3 Å². The van der Waals surface area contributed by atoms with Gasteiger partial charge in [-0.2, -0.15) is 0 Å². The SMILES string of the molecule is CCCC1C=C(C(=O)NS(=O)(=O)c2cc(OC)ccc2C)N=C1c1cccc(Cl)c1Cl. The minimum Gasteiger partial charge on any atom is -0.497 e. The normalized spacial score (nSPS) is 16.0. The first-order chi connectivity index (χ1) is 14.7. The summed E-state index contributed by atoms with van der Waals surface area (Å²) in [7, 11) is -2.69. The van der Waals surface area contributed by atoms with Crippen LogP contribution in [-0.4, -0.2) is 27.1 Å². The van der Waals surface area contributed by atoms with Gasteiger partial charge in [-0.05, 0) is 37.1 Å². The molecule has 0 saturated heterocycles. The van der Waals surface area contributed by atoms with Crippen molar-refractivity contribution in [2.24, 2.45) is 10.9 Å². The van der Waals surface area contributed by atoms with E-state index in [9.17, 15) is 13.2 Å². The van der Waals surface area contributed by atoms with E-state index in [0.717, 1.165) is 12.8 Å². The number of ether oxygens (including phenoxy) is 1. The smallest absolute Gasteiger partial charge is 0.283 e. The van der Waals surface area contributed by atoms with Crippen molar-refractivity contribution in [2.45, 2.75) is 31.6 Å². The minimum atomic E-state index is -4.12. The molecule has 9 heteroatoms. The summed E-state index contributed by atoms with van der Waals surface area (Å²) < 4.78 is 32.9. The number of carbonyl (C=O) groups excluding carboxylic acids is 1. The van der Waals surface area contributed by atoms with Gasteiger partial charge in [-0.15, -0.1) is 0 Å². The summed E-state index contributed by atoms with van der Waals surface area (Å²) in [5.74, 6) is -0.614. The first kappa shape index (κ1) is 23.3. The number of hydrogen-bond donors (Lipinski definition) is 1. The van der Waals surface area contributed by atoms with Gasteiger partial charge >= 0.3 is 0 Å². The molecule has 1 unspecified atom stereocenters. The average Bonchev–Trinajstić information content (AvgIpc) is 3.14. The Kier molecular flexibility index (Phi) is 7.09. The first-order valence-corrected chi connectivity index (χ1v) is 11.9. The molecule has 0 fully saturated rings. The topological polar surface area (TPSA) is 84.8 Å². The summed E-state index contributed by atoms with van der Waals surface area (Å²) in [5.41, 5.74) is 1.72. The van der Waals surface area contributed by atoms with Gasteiger partial charge in [0, 0.05) is 17.5 Å². The third kappa shape index (κ3) is 4.95. The predicted octanol–water partition coefficient (Wildman–Crippen LogP) is 4.92. The Morgan fingerprint density at radius 1 is 1.23 bits per heavy atom. The number of benzene rings is 2. The molecule has 0 aliphatic carbocycles. The van der Waals surface area contributed by atoms with Crippen molar-refractivity contribution in [2.75, 3.05) is 7.11 Å². The maximum absolute atomic E-state index is 12.8. The Morgan fingerprint density at radius 2 is 1.97 bits per heavy atom. The fraction of sp³-hybridized carbons (Fsp3) is 0.273. The van der Waals surface area contributed by atoms with Crippen molar-refractivity contribution < 1.29 is 17.9 Å². The number of nitrogens with zero attached hydrogens (tertiary/aromatic N) is 1. The summed E-state index contributed by atoms with van der Waals surface area (Å²) >= 11 is 12.5. The monoisotopic (exact) mass is 480 g/mol. The van der Waals surface area contributed by atoms with Crippen LogP contribution >= 0.6 is 23.2 Å². The Hall–Kier alpha value is -2.35. The van der Waals surface area contributed by atoms with Crippen LogP contribution in [-0.2, 0) is 14.8 Å². The van der Waals surface area contributed by atoms with E-state index in [1.807, 2.05) is 6.92 Å². The molecule has 1 atom stereocenters. The zero-order valence-electron chi connectivity index (χ0n) is 17.3. The van der Waals surface area contributed by atoms with Crippen LogP contribution in [0.1, 0.15) is 30.9 Å². The number of amides is 1. The fourth-order valence-electron chi connectivity index (χ4n) is 3.36. The van der Waals surface area contributed by atoms with Gasteiger partial charge in [0.15, 0.2) is 0 Å². The molecule has 0 bridgehead atoms. The molecule has 0 saturated carbocycles. The lowest BCUT2D eigenvalue weighted by Gasteiger charge is -2.12. The van der Waals surface area contributed by atoms with Crippen LogP contribution in [0.4, 0.5) is 0 Å². The quantitative estimate of drug-likeness (QED) is 0.609. The van der Waals surface area contributed by atoms with Crippen molar-refractivity contribution in [1.82, 2.24) is 4.72 Å². The number of methoxy groups -OCH3 is 1. The number of rotatable bonds is 7. The van der Waals surface area contributed by atoms with Crippen LogP contribution in [0.3, 0.4) is 0 Å². The molecular weight excluding hydrogens is 459 g/mol. The van der Waals surface area contributed by atoms with E-state index in [0.29, 0.717) is 32.6 Å². The number of allylic oxidation sites excluding steroid dienone is 1. The fourth-order valence-corrected chi connectivity index (χ4v) is 4.98. The van der Waals surface area contributed by atoms with Crippen LogP contribution < -0.4 is 9.46 Å². The van der Waals surface area contributed by atoms with Crippen molar-refractivity contribution in [3.8, 4) is 5.75 Å². The van der Waals surface area contributed by atoms with Crippen molar-refractivity contribution in [3.05, 3.63) is 69.3 Å². The predicted molar refractivity (Wildman–Crippen MR) is 123 cm³/mol. The number of aliphatic imine (C=N–C) groups is 1. The van der Waals surface area contributed by atoms with E-state index in [4.69, 9.17) is 27.9 Å². The summed E-state index contributed by atoms with van der Waals surface area (Å²) in [6, 6.07) is 9.83. The molecule has 1 amide bonds. The second-order valence-corrected chi connectivity index (χ2v) is 9.55. The first-order valence-electron chi connectivity index (χ1n) is 9.64. The third-order valence-electron chi connectivity index (χ3n) is 4.92. The number of halogens is 2. The molecule has 31 heavy (non-hydrogen) atoms. The van der Waals surface area contributed by atoms with Crippen LogP contribution in [0, 0.1) is 12.8 Å². The lowest BCUT2D eigenvalue weighted by molar-refractivity contribution is -0.115. The van der Waals surface area contributed by atoms with Gasteiger partial charge < -0.3 is 4.74 Å². The molecule has 2 aromatic rings. The number of sulfonamides is 1. The van der Waals surface area contributed by atoms with E-state index < -0.39 is 15.9 Å². The third-order valence-corrected chi connectivity index (χ3v) is 7.21. The average molecular weight is 481 g/mol. The molecule has 0 radical (unpaired) electrons. The lowest BCUT2D eigenvalue weighted by atomic mass is 9.93. The van der Waals surface area contributed by atoms with Gasteiger partial charge in [0.25, 0.3) is 15.9 Å². The highest BCUT2D eigenvalue weighted by Gasteiger charge is 2.29. The zero-order valence-corrected chi connectivity index (χ0v) is 19.6. The molecule has 2 aromatic carbocycles. The molecule has 0 spiro atoms. The van der Waals surface area contributed by atoms with E-state index in [2.05, 4.69) is 9.71 Å². The van der Waals surface area contributed by atoms with Crippen LogP contribution in [0.15, 0.2) is 58.1 Å². The Balaban J connectivity index is 1.93. The van der Waals surface area contributed by atoms with E-state index >= 15 is 0 Å². The maximum Gasteiger partial charge on any atom is 0.283 e. The molecule has 0 aromatic heterocycles. The highest BCUT2D eigenvalue weighted by molar-refractivity contribution is 7.90. The second-order valence-electron chi connectivity index (χ2n) is 7.11. The van der Waals surface area contributed by atoms with Gasteiger partial charge in [-0.1, -0.05) is 54.7 Å². The summed E-state index contributed by atoms with van der Waals surface area (Å²) in [5, 5.41) is 0.727. The summed E-state index contributed by atoms with van der Waals surface area (Å²) in [6.07, 6.45) is 3.23. The van der Waals surface area contributed by atoms with E-state index in [1.165, 1.54) is 13.2 Å². The van der Waals surface area contributed by atoms with Crippen LogP contribution in [0.2, 0.25) is 10.0 Å². The standard InChI is InChI=1S/C22H22Cl2N2O4S/c1-4-6-14-11-18(25-21(14)16-7-5-8-17(23)20(16)24)22(27)26-31(28,29)19-12-15(30-3)10-9-13(19)2/h5,7-12,14H,4,6H2,1-3H3,(H,26,27). The van der Waals surface area contributed by atoms with Gasteiger partial charge in [0.2, 0.25) is 0 Å². The molecular formula is C22H22Cl2N2O4S. The maximum atomic E-state index is 12.8. The summed E-state index contributed by atoms with van der Waals surface area (Å²) in [4.78, 5) is 17.2. The Labute approximate surface area is 192 Å². The molecule has 164 valence electrons. The van der Waals surface area contributed by atoms with Gasteiger partial charge in [0.1, 0.15) is 11.4 Å². The largest absolute Gasteiger partial charge is 0.497 e. The highest BCUT2D eigenvalue weighted by Crippen LogP contribution is 2.33. The van der Waals surface area contributed by atoms with Gasteiger partial charge in [-0.25, -0.2) is 18.1 Å². The van der Waals surface area contributed by atoms with Crippen LogP contribution in [0.5, 0.6) is 5.75 Å². The zero-order chi connectivity index (χ0) is 22.8. The second kappa shape index (κ2) is 9.42. The van der Waals surface area contributed by atoms with Crippen LogP contribution in [0.25, 0.3) is 0 Å². The number of nitrogens with one attached hydrogen (secondary N) is 1. The molecule has 1 aliphatic heterocycles. The molecule has 3 rings (SSSR count). The molecule has 6 nitrogen and oxygen atoms in total. The van der Waals surface area contributed by atoms with Gasteiger partial charge in [0.05, 0.1) is 27.8 Å². The number of carbonyl (C=O) groups is 1. The molecule has 1 heterocycles. The molecule has 1 aliphatic rings. The lowest BCUT2D eigenvalue weighted by Crippen LogP contribution is -2.31. The van der Waals surface area contributed by atoms with Crippen molar-refractivity contribution >= 4 is 44.8 Å². The van der Waals surface area contributed by atoms with Gasteiger partial charge in [-0.3, -0.25) is 4.79 Å². The van der Waals surface area contributed by atoms with Crippen molar-refractivity contribution in [3.63, 3.8) is 0 Å². The van der Waals surface area contributed by atoms with E-state index in [-0.39, 0.29) is 16.5 Å². The number of hydrogen-bond acceptors (Lipinski definition) is 5.